The lowest BCUT2D eigenvalue weighted by Gasteiger charge is -2.21. The third-order valence-corrected chi connectivity index (χ3v) is 4.30. The number of nitrogens with one attached hydrogen (secondary N) is 1. The number of hydrogen-bond acceptors (Lipinski definition) is 2. The van der Waals surface area contributed by atoms with Crippen LogP contribution < -0.4 is 5.32 Å². The third-order valence-electron chi connectivity index (χ3n) is 3.00. The van der Waals surface area contributed by atoms with Gasteiger partial charge in [-0.3, -0.25) is 4.21 Å². The fourth-order valence-corrected chi connectivity index (χ4v) is 2.05. The molecule has 1 rings (SSSR count). The molecule has 4 nitrogen and oxygen atoms in total. The van der Waals surface area contributed by atoms with Crippen LogP contribution in [0.2, 0.25) is 0 Å². The molecule has 94 valence electrons. The Balaban J connectivity index is 2.30. The summed E-state index contributed by atoms with van der Waals surface area (Å²) < 4.78 is 11.1. The van der Waals surface area contributed by atoms with Crippen molar-refractivity contribution in [1.82, 2.24) is 10.2 Å². The molecule has 1 heterocycles. The van der Waals surface area contributed by atoms with Gasteiger partial charge in [0.15, 0.2) is 0 Å². The van der Waals surface area contributed by atoms with Crippen LogP contribution in [0.15, 0.2) is 0 Å². The molecule has 1 fully saturated rings. The van der Waals surface area contributed by atoms with E-state index in [1.54, 1.807) is 6.26 Å². The number of hydrogen-bond donors (Lipinski definition) is 1. The Morgan fingerprint density at radius 1 is 1.31 bits per heavy atom. The number of rotatable bonds is 3. The van der Waals surface area contributed by atoms with Crippen molar-refractivity contribution in [1.29, 1.82) is 0 Å². The lowest BCUT2D eigenvalue weighted by molar-refractivity contribution is 0.200. The molecule has 0 aromatic carbocycles. The minimum atomic E-state index is -0.868. The quantitative estimate of drug-likeness (QED) is 0.817. The average Bonchev–Trinajstić information content (AvgIpc) is 2.53. The zero-order valence-electron chi connectivity index (χ0n) is 10.2. The Morgan fingerprint density at radius 2 is 1.88 bits per heavy atom. The summed E-state index contributed by atoms with van der Waals surface area (Å²) in [6.45, 7) is 4.10. The van der Waals surface area contributed by atoms with E-state index in [4.69, 9.17) is 0 Å². The van der Waals surface area contributed by atoms with Gasteiger partial charge in [0, 0.05) is 41.9 Å². The van der Waals surface area contributed by atoms with Gasteiger partial charge in [0.2, 0.25) is 0 Å². The van der Waals surface area contributed by atoms with E-state index in [0.29, 0.717) is 6.54 Å². The monoisotopic (exact) mass is 246 g/mol. The van der Waals surface area contributed by atoms with Crippen LogP contribution in [-0.4, -0.2) is 46.3 Å². The molecule has 2 amide bonds. The molecule has 0 aromatic rings. The molecular weight excluding hydrogens is 224 g/mol. The third kappa shape index (κ3) is 4.51. The predicted octanol–water partition coefficient (Wildman–Crippen LogP) is 1.34. The summed E-state index contributed by atoms with van der Waals surface area (Å²) in [5, 5.41) is 2.88. The minimum Gasteiger partial charge on any atom is -0.337 e. The average molecular weight is 246 g/mol. The highest BCUT2D eigenvalue weighted by Gasteiger charge is 2.16. The molecule has 0 bridgehead atoms. The van der Waals surface area contributed by atoms with E-state index in [2.05, 4.69) is 5.32 Å². The van der Waals surface area contributed by atoms with Crippen LogP contribution in [0.25, 0.3) is 0 Å². The van der Waals surface area contributed by atoms with E-state index in [1.807, 2.05) is 11.8 Å². The van der Waals surface area contributed by atoms with Crippen molar-refractivity contribution in [3.05, 3.63) is 0 Å². The first kappa shape index (κ1) is 13.5. The molecule has 0 saturated carbocycles. The van der Waals surface area contributed by atoms with E-state index in [9.17, 15) is 9.00 Å². The fourth-order valence-electron chi connectivity index (χ4n) is 1.73. The van der Waals surface area contributed by atoms with Gasteiger partial charge in [-0.25, -0.2) is 4.79 Å². The molecule has 0 aromatic heterocycles. The molecule has 0 aliphatic carbocycles. The molecule has 2 atom stereocenters. The van der Waals surface area contributed by atoms with Crippen LogP contribution in [0.1, 0.15) is 32.6 Å². The van der Waals surface area contributed by atoms with Gasteiger partial charge in [-0.05, 0) is 19.8 Å². The van der Waals surface area contributed by atoms with Crippen molar-refractivity contribution in [2.45, 2.75) is 37.9 Å². The maximum Gasteiger partial charge on any atom is 0.317 e. The number of urea groups is 1. The predicted molar refractivity (Wildman–Crippen MR) is 67.0 cm³/mol. The molecule has 1 N–H and O–H groups in total. The standard InChI is InChI=1S/C11H22N2O2S/c1-10(16(2)15)9-12-11(14)13-7-5-3-4-6-8-13/h10H,3-9H2,1-2H3,(H,12,14). The van der Waals surface area contributed by atoms with Crippen LogP contribution in [0.5, 0.6) is 0 Å². The Kier molecular flexibility index (Phi) is 5.80. The van der Waals surface area contributed by atoms with Gasteiger partial charge >= 0.3 is 6.03 Å². The van der Waals surface area contributed by atoms with Crippen molar-refractivity contribution in [3.8, 4) is 0 Å². The summed E-state index contributed by atoms with van der Waals surface area (Å²) >= 11 is 0. The summed E-state index contributed by atoms with van der Waals surface area (Å²) in [4.78, 5) is 13.7. The Labute approximate surface area is 100 Å². The smallest absolute Gasteiger partial charge is 0.317 e. The van der Waals surface area contributed by atoms with Gasteiger partial charge in [0.1, 0.15) is 0 Å². The number of carbonyl (C=O) groups is 1. The molecular formula is C11H22N2O2S. The van der Waals surface area contributed by atoms with Crippen molar-refractivity contribution in [2.75, 3.05) is 25.9 Å². The van der Waals surface area contributed by atoms with Crippen molar-refractivity contribution >= 4 is 16.8 Å². The van der Waals surface area contributed by atoms with E-state index in [1.165, 1.54) is 12.8 Å². The zero-order chi connectivity index (χ0) is 12.0. The van der Waals surface area contributed by atoms with Gasteiger partial charge in [-0.1, -0.05) is 12.8 Å². The van der Waals surface area contributed by atoms with Gasteiger partial charge in [0.05, 0.1) is 0 Å². The number of carbonyl (C=O) groups excluding carboxylic acids is 1. The van der Waals surface area contributed by atoms with E-state index in [-0.39, 0.29) is 11.3 Å². The molecule has 0 radical (unpaired) electrons. The summed E-state index contributed by atoms with van der Waals surface area (Å²) in [6.07, 6.45) is 6.31. The van der Waals surface area contributed by atoms with Gasteiger partial charge in [-0.15, -0.1) is 0 Å². The first-order valence-corrected chi connectivity index (χ1v) is 7.58. The largest absolute Gasteiger partial charge is 0.337 e. The second-order valence-electron chi connectivity index (χ2n) is 4.40. The first-order valence-electron chi connectivity index (χ1n) is 5.96. The van der Waals surface area contributed by atoms with Crippen LogP contribution in [0, 0.1) is 0 Å². The van der Waals surface area contributed by atoms with Gasteiger partial charge in [0.25, 0.3) is 0 Å². The molecule has 1 aliphatic rings. The van der Waals surface area contributed by atoms with Crippen LogP contribution in [0.3, 0.4) is 0 Å². The summed E-state index contributed by atoms with van der Waals surface area (Å²) in [6, 6.07) is -0.000741. The van der Waals surface area contributed by atoms with Gasteiger partial charge < -0.3 is 10.2 Å². The molecule has 5 heteroatoms. The first-order chi connectivity index (χ1) is 7.61. The lowest BCUT2D eigenvalue weighted by atomic mass is 10.2. The molecule has 1 saturated heterocycles. The maximum atomic E-state index is 11.8. The second-order valence-corrected chi connectivity index (χ2v) is 6.20. The Morgan fingerprint density at radius 3 is 2.38 bits per heavy atom. The van der Waals surface area contributed by atoms with E-state index < -0.39 is 10.8 Å². The summed E-state index contributed by atoms with van der Waals surface area (Å²) in [7, 11) is -0.868. The Bertz CT molecular complexity index is 250. The van der Waals surface area contributed by atoms with Gasteiger partial charge in [-0.2, -0.15) is 0 Å². The highest BCUT2D eigenvalue weighted by Crippen LogP contribution is 2.09. The fraction of sp³-hybridized carbons (Fsp3) is 0.909. The SMILES string of the molecule is CC(CNC(=O)N1CCCCCC1)S(C)=O. The molecule has 16 heavy (non-hydrogen) atoms. The van der Waals surface area contributed by atoms with E-state index in [0.717, 1.165) is 25.9 Å². The molecule has 1 aliphatic heterocycles. The number of amides is 2. The number of likely N-dealkylation sites (tertiary alicyclic amines) is 1. The van der Waals surface area contributed by atoms with Crippen LogP contribution >= 0.6 is 0 Å². The normalized spacial score (nSPS) is 21.0. The number of nitrogens with zero attached hydrogens (tertiary/aromatic N) is 1. The van der Waals surface area contributed by atoms with Crippen LogP contribution in [0.4, 0.5) is 4.79 Å². The lowest BCUT2D eigenvalue weighted by Crippen LogP contribution is -2.43. The molecule has 2 unspecified atom stereocenters. The van der Waals surface area contributed by atoms with Crippen molar-refractivity contribution in [2.24, 2.45) is 0 Å². The van der Waals surface area contributed by atoms with Crippen molar-refractivity contribution in [3.63, 3.8) is 0 Å². The van der Waals surface area contributed by atoms with Crippen LogP contribution in [-0.2, 0) is 10.8 Å². The second kappa shape index (κ2) is 6.89. The van der Waals surface area contributed by atoms with Crippen molar-refractivity contribution < 1.29 is 9.00 Å². The summed E-state index contributed by atoms with van der Waals surface area (Å²) in [5.41, 5.74) is 0. The van der Waals surface area contributed by atoms with E-state index >= 15 is 0 Å². The maximum absolute atomic E-state index is 11.8. The highest BCUT2D eigenvalue weighted by molar-refractivity contribution is 7.84. The molecule has 0 spiro atoms. The minimum absolute atomic E-state index is 0.000741. The highest BCUT2D eigenvalue weighted by atomic mass is 32.2. The Hall–Kier alpha value is -0.580. The summed E-state index contributed by atoms with van der Waals surface area (Å²) in [5.74, 6) is 0. The zero-order valence-corrected chi connectivity index (χ0v) is 11.0. The topological polar surface area (TPSA) is 49.4 Å².